The molecule has 0 heterocycles. The predicted molar refractivity (Wildman–Crippen MR) is 58.5 cm³/mol. The number of hydrogen-bond acceptors (Lipinski definition) is 1. The fourth-order valence-electron chi connectivity index (χ4n) is 1.41. The van der Waals surface area contributed by atoms with Gasteiger partial charge in [0.2, 0.25) is 0 Å². The lowest BCUT2D eigenvalue weighted by Crippen LogP contribution is -2.04. The highest BCUT2D eigenvalue weighted by atomic mass is 14.8. The van der Waals surface area contributed by atoms with Crippen molar-refractivity contribution >= 4 is 5.70 Å². The molecule has 0 aliphatic carbocycles. The van der Waals surface area contributed by atoms with E-state index < -0.39 is 0 Å². The van der Waals surface area contributed by atoms with Crippen molar-refractivity contribution in [1.82, 2.24) is 5.32 Å². The molecule has 0 unspecified atom stereocenters. The van der Waals surface area contributed by atoms with Crippen molar-refractivity contribution in [2.24, 2.45) is 0 Å². The maximum absolute atomic E-state index is 3.18. The average molecular weight is 175 g/mol. The Morgan fingerprint density at radius 3 is 2.77 bits per heavy atom. The highest BCUT2D eigenvalue weighted by Crippen LogP contribution is 2.13. The van der Waals surface area contributed by atoms with Gasteiger partial charge in [0, 0.05) is 12.7 Å². The Kier molecular flexibility index (Phi) is 3.56. The zero-order valence-corrected chi connectivity index (χ0v) is 8.59. The number of rotatable bonds is 3. The summed E-state index contributed by atoms with van der Waals surface area (Å²) in [4.78, 5) is 0. The SMILES string of the molecule is C/C=C(\NC)c1cccc(CC)c1. The normalized spacial score (nSPS) is 11.5. The van der Waals surface area contributed by atoms with Crippen LogP contribution >= 0.6 is 0 Å². The van der Waals surface area contributed by atoms with E-state index in [1.54, 1.807) is 0 Å². The Morgan fingerprint density at radius 1 is 1.46 bits per heavy atom. The first-order valence-electron chi connectivity index (χ1n) is 4.75. The summed E-state index contributed by atoms with van der Waals surface area (Å²) in [5, 5.41) is 3.18. The van der Waals surface area contributed by atoms with Gasteiger partial charge in [-0.2, -0.15) is 0 Å². The lowest BCUT2D eigenvalue weighted by atomic mass is 10.1. The van der Waals surface area contributed by atoms with E-state index in [9.17, 15) is 0 Å². The van der Waals surface area contributed by atoms with Crippen molar-refractivity contribution in [3.8, 4) is 0 Å². The van der Waals surface area contributed by atoms with Crippen LogP contribution in [0.15, 0.2) is 30.3 Å². The van der Waals surface area contributed by atoms with Crippen molar-refractivity contribution in [2.75, 3.05) is 7.05 Å². The lowest BCUT2D eigenvalue weighted by molar-refractivity contribution is 1.10. The predicted octanol–water partition coefficient (Wildman–Crippen LogP) is 2.83. The van der Waals surface area contributed by atoms with Crippen molar-refractivity contribution in [2.45, 2.75) is 20.3 Å². The largest absolute Gasteiger partial charge is 0.388 e. The quantitative estimate of drug-likeness (QED) is 0.745. The van der Waals surface area contributed by atoms with Crippen molar-refractivity contribution in [1.29, 1.82) is 0 Å². The van der Waals surface area contributed by atoms with Crippen LogP contribution in [0, 0.1) is 0 Å². The van der Waals surface area contributed by atoms with Crippen LogP contribution in [-0.4, -0.2) is 7.05 Å². The molecule has 1 aromatic rings. The first-order chi connectivity index (χ1) is 6.31. The van der Waals surface area contributed by atoms with Gasteiger partial charge in [-0.15, -0.1) is 0 Å². The molecule has 0 fully saturated rings. The first-order valence-corrected chi connectivity index (χ1v) is 4.75. The van der Waals surface area contributed by atoms with Crippen LogP contribution in [0.3, 0.4) is 0 Å². The van der Waals surface area contributed by atoms with Crippen LogP contribution in [0.2, 0.25) is 0 Å². The maximum Gasteiger partial charge on any atom is 0.0367 e. The second-order valence-corrected chi connectivity index (χ2v) is 3.01. The number of allylic oxidation sites excluding steroid dienone is 1. The van der Waals surface area contributed by atoms with Gasteiger partial charge in [0.25, 0.3) is 0 Å². The van der Waals surface area contributed by atoms with E-state index in [-0.39, 0.29) is 0 Å². The van der Waals surface area contributed by atoms with E-state index in [0.717, 1.165) is 6.42 Å². The van der Waals surface area contributed by atoms with Crippen molar-refractivity contribution < 1.29 is 0 Å². The third-order valence-electron chi connectivity index (χ3n) is 2.20. The summed E-state index contributed by atoms with van der Waals surface area (Å²) in [5.41, 5.74) is 3.84. The van der Waals surface area contributed by atoms with E-state index in [1.807, 2.05) is 14.0 Å². The van der Waals surface area contributed by atoms with E-state index >= 15 is 0 Å². The Morgan fingerprint density at radius 2 is 2.23 bits per heavy atom. The summed E-state index contributed by atoms with van der Waals surface area (Å²) in [6, 6.07) is 8.62. The summed E-state index contributed by atoms with van der Waals surface area (Å²) >= 11 is 0. The molecule has 0 amide bonds. The van der Waals surface area contributed by atoms with Crippen LogP contribution in [0.5, 0.6) is 0 Å². The fraction of sp³-hybridized carbons (Fsp3) is 0.333. The molecule has 0 aromatic heterocycles. The molecule has 1 rings (SSSR count). The molecule has 0 saturated carbocycles. The minimum atomic E-state index is 1.09. The molecule has 0 spiro atoms. The molecule has 0 aliphatic heterocycles. The van der Waals surface area contributed by atoms with Gasteiger partial charge in [0.1, 0.15) is 0 Å². The minimum absolute atomic E-state index is 1.09. The Bertz CT molecular complexity index is 300. The van der Waals surface area contributed by atoms with Gasteiger partial charge in [0.05, 0.1) is 0 Å². The molecule has 13 heavy (non-hydrogen) atoms. The first kappa shape index (κ1) is 9.85. The second kappa shape index (κ2) is 4.70. The molecular weight excluding hydrogens is 158 g/mol. The molecule has 70 valence electrons. The number of benzene rings is 1. The van der Waals surface area contributed by atoms with Gasteiger partial charge in [-0.05, 0) is 30.5 Å². The van der Waals surface area contributed by atoms with Gasteiger partial charge in [-0.1, -0.05) is 31.2 Å². The third-order valence-corrected chi connectivity index (χ3v) is 2.20. The Balaban J connectivity index is 3.00. The van der Waals surface area contributed by atoms with Crippen LogP contribution in [-0.2, 0) is 6.42 Å². The summed E-state index contributed by atoms with van der Waals surface area (Å²) in [6.07, 6.45) is 3.18. The number of hydrogen-bond donors (Lipinski definition) is 1. The Labute approximate surface area is 80.5 Å². The zero-order valence-electron chi connectivity index (χ0n) is 8.59. The fourth-order valence-corrected chi connectivity index (χ4v) is 1.41. The third kappa shape index (κ3) is 2.35. The Hall–Kier alpha value is -1.24. The monoisotopic (exact) mass is 175 g/mol. The van der Waals surface area contributed by atoms with Gasteiger partial charge in [0.15, 0.2) is 0 Å². The summed E-state index contributed by atoms with van der Waals surface area (Å²) in [7, 11) is 1.95. The molecule has 0 saturated heterocycles. The molecule has 0 radical (unpaired) electrons. The molecule has 1 heteroatoms. The molecule has 1 aromatic carbocycles. The standard InChI is InChI=1S/C12H17N/c1-4-10-7-6-8-11(9-10)12(5-2)13-3/h5-9,13H,4H2,1-3H3/b12-5-. The van der Waals surface area contributed by atoms with Gasteiger partial charge in [-0.3, -0.25) is 0 Å². The van der Waals surface area contributed by atoms with E-state index in [0.29, 0.717) is 0 Å². The lowest BCUT2D eigenvalue weighted by Gasteiger charge is -2.07. The molecule has 0 aliphatic rings. The van der Waals surface area contributed by atoms with Crippen molar-refractivity contribution in [3.05, 3.63) is 41.5 Å². The molecular formula is C12H17N. The number of nitrogens with one attached hydrogen (secondary N) is 1. The number of aryl methyl sites for hydroxylation is 1. The minimum Gasteiger partial charge on any atom is -0.388 e. The van der Waals surface area contributed by atoms with Crippen LogP contribution < -0.4 is 5.32 Å². The molecule has 1 nitrogen and oxygen atoms in total. The zero-order chi connectivity index (χ0) is 9.68. The molecule has 0 bridgehead atoms. The van der Waals surface area contributed by atoms with E-state index in [2.05, 4.69) is 42.6 Å². The maximum atomic E-state index is 3.18. The highest BCUT2D eigenvalue weighted by Gasteiger charge is 1.97. The van der Waals surface area contributed by atoms with Crippen molar-refractivity contribution in [3.63, 3.8) is 0 Å². The smallest absolute Gasteiger partial charge is 0.0367 e. The van der Waals surface area contributed by atoms with E-state index in [1.165, 1.54) is 16.8 Å². The van der Waals surface area contributed by atoms with Crippen LogP contribution in [0.25, 0.3) is 5.70 Å². The molecule has 0 atom stereocenters. The summed E-state index contributed by atoms with van der Waals surface area (Å²) in [6.45, 7) is 4.22. The summed E-state index contributed by atoms with van der Waals surface area (Å²) < 4.78 is 0. The topological polar surface area (TPSA) is 12.0 Å². The highest BCUT2D eigenvalue weighted by molar-refractivity contribution is 5.63. The van der Waals surface area contributed by atoms with E-state index in [4.69, 9.17) is 0 Å². The van der Waals surface area contributed by atoms with Gasteiger partial charge in [-0.25, -0.2) is 0 Å². The van der Waals surface area contributed by atoms with Gasteiger partial charge < -0.3 is 5.32 Å². The second-order valence-electron chi connectivity index (χ2n) is 3.01. The van der Waals surface area contributed by atoms with Crippen LogP contribution in [0.4, 0.5) is 0 Å². The average Bonchev–Trinajstić information content (AvgIpc) is 2.20. The van der Waals surface area contributed by atoms with Crippen LogP contribution in [0.1, 0.15) is 25.0 Å². The summed E-state index contributed by atoms with van der Waals surface area (Å²) in [5.74, 6) is 0. The van der Waals surface area contributed by atoms with Gasteiger partial charge >= 0.3 is 0 Å². The molecule has 1 N–H and O–H groups in total.